The largest absolute Gasteiger partial charge is 0.354 e. The van der Waals surface area contributed by atoms with Crippen LogP contribution in [0.5, 0.6) is 0 Å². The van der Waals surface area contributed by atoms with Gasteiger partial charge in [-0.1, -0.05) is 63.2 Å². The molecular formula is C29H38N4O5. The molecule has 0 spiro atoms. The Labute approximate surface area is 223 Å². The average Bonchev–Trinajstić information content (AvgIpc) is 3.47. The van der Waals surface area contributed by atoms with Crippen molar-refractivity contribution in [2.24, 2.45) is 11.1 Å². The summed E-state index contributed by atoms with van der Waals surface area (Å²) in [5.74, 6) is -4.70. The molecule has 3 rings (SSSR count). The van der Waals surface area contributed by atoms with Crippen molar-refractivity contribution in [3.05, 3.63) is 48.0 Å². The van der Waals surface area contributed by atoms with Gasteiger partial charge in [0.1, 0.15) is 6.04 Å². The number of hydrogen-bond donors (Lipinski definition) is 3. The summed E-state index contributed by atoms with van der Waals surface area (Å²) in [6, 6.07) is 11.3. The van der Waals surface area contributed by atoms with Crippen LogP contribution in [-0.4, -0.2) is 65.9 Å². The molecule has 0 radical (unpaired) electrons. The first-order valence-corrected chi connectivity index (χ1v) is 13.3. The van der Waals surface area contributed by atoms with Gasteiger partial charge in [0, 0.05) is 18.4 Å². The maximum Gasteiger partial charge on any atom is 0.305 e. The number of hydrogen-bond acceptors (Lipinski definition) is 7. The van der Waals surface area contributed by atoms with Gasteiger partial charge in [0.05, 0.1) is 6.04 Å². The third-order valence-electron chi connectivity index (χ3n) is 7.25. The van der Waals surface area contributed by atoms with Crippen LogP contribution in [0.1, 0.15) is 52.0 Å². The Morgan fingerprint density at radius 2 is 1.82 bits per heavy atom. The van der Waals surface area contributed by atoms with E-state index in [-0.39, 0.29) is 13.0 Å². The number of benzene rings is 2. The van der Waals surface area contributed by atoms with Gasteiger partial charge in [-0.15, -0.1) is 0 Å². The van der Waals surface area contributed by atoms with E-state index in [0.717, 1.165) is 15.7 Å². The van der Waals surface area contributed by atoms with E-state index < -0.39 is 46.8 Å². The Morgan fingerprint density at radius 1 is 1.11 bits per heavy atom. The molecule has 3 amide bonds. The minimum absolute atomic E-state index is 0.0118. The van der Waals surface area contributed by atoms with Gasteiger partial charge in [-0.05, 0) is 55.1 Å². The standard InChI is InChI=1S/C29H38N4O5/c1-4-29(2,3)25(35)24(34)28(38)33(27(37)22-11-7-15-31-22)23(26(36)32-16-8-14-30)18-19-12-13-20-9-5-6-10-21(20)17-19/h5-6,9-10,12-13,17,22-23,31H,4,7-8,11,14-16,18,30H2,1-3H3,(H,32,36)/t22-,23+/m0/s1. The molecule has 1 fully saturated rings. The van der Waals surface area contributed by atoms with Gasteiger partial charge in [-0.2, -0.15) is 0 Å². The lowest BCUT2D eigenvalue weighted by molar-refractivity contribution is -0.160. The predicted octanol–water partition coefficient (Wildman–Crippen LogP) is 1.90. The Hall–Kier alpha value is -3.43. The number of amides is 3. The van der Waals surface area contributed by atoms with Crippen LogP contribution in [0.15, 0.2) is 42.5 Å². The normalized spacial score (nSPS) is 16.2. The molecule has 38 heavy (non-hydrogen) atoms. The number of nitrogens with one attached hydrogen (secondary N) is 2. The second kappa shape index (κ2) is 12.9. The molecule has 0 saturated carbocycles. The molecule has 0 unspecified atom stereocenters. The van der Waals surface area contributed by atoms with Crippen LogP contribution in [0, 0.1) is 5.41 Å². The highest BCUT2D eigenvalue weighted by molar-refractivity contribution is 6.65. The van der Waals surface area contributed by atoms with E-state index in [9.17, 15) is 24.0 Å². The van der Waals surface area contributed by atoms with E-state index in [1.165, 1.54) is 0 Å². The number of rotatable bonds is 12. The summed E-state index contributed by atoms with van der Waals surface area (Å²) < 4.78 is 0. The summed E-state index contributed by atoms with van der Waals surface area (Å²) in [4.78, 5) is 67.6. The molecule has 2 aromatic carbocycles. The van der Waals surface area contributed by atoms with Crippen LogP contribution in [-0.2, 0) is 30.4 Å². The molecule has 9 nitrogen and oxygen atoms in total. The minimum atomic E-state index is -1.32. The molecular weight excluding hydrogens is 484 g/mol. The lowest BCUT2D eigenvalue weighted by atomic mass is 9.83. The van der Waals surface area contributed by atoms with E-state index in [4.69, 9.17) is 5.73 Å². The zero-order valence-electron chi connectivity index (χ0n) is 22.4. The van der Waals surface area contributed by atoms with Gasteiger partial charge >= 0.3 is 5.91 Å². The highest BCUT2D eigenvalue weighted by Crippen LogP contribution is 2.24. The smallest absolute Gasteiger partial charge is 0.305 e. The summed E-state index contributed by atoms with van der Waals surface area (Å²) in [7, 11) is 0. The lowest BCUT2D eigenvalue weighted by Gasteiger charge is -2.31. The summed E-state index contributed by atoms with van der Waals surface area (Å²) >= 11 is 0. The van der Waals surface area contributed by atoms with Gasteiger partial charge in [0.15, 0.2) is 0 Å². The summed E-state index contributed by atoms with van der Waals surface area (Å²) in [5.41, 5.74) is 5.20. The number of nitrogens with zero attached hydrogens (tertiary/aromatic N) is 1. The van der Waals surface area contributed by atoms with Gasteiger partial charge in [0.2, 0.25) is 17.6 Å². The van der Waals surface area contributed by atoms with Crippen molar-refractivity contribution in [3.8, 4) is 0 Å². The van der Waals surface area contributed by atoms with Gasteiger partial charge in [-0.25, -0.2) is 0 Å². The number of carbonyl (C=O) groups is 5. The second-order valence-corrected chi connectivity index (χ2v) is 10.4. The molecule has 1 aliphatic heterocycles. The van der Waals surface area contributed by atoms with Gasteiger partial charge in [0.25, 0.3) is 5.78 Å². The van der Waals surface area contributed by atoms with Crippen LogP contribution in [0.2, 0.25) is 0 Å². The number of fused-ring (bicyclic) bond motifs is 1. The van der Waals surface area contributed by atoms with Crippen LogP contribution >= 0.6 is 0 Å². The zero-order chi connectivity index (χ0) is 27.9. The Bertz CT molecular complexity index is 1200. The van der Waals surface area contributed by atoms with Gasteiger partial charge < -0.3 is 16.4 Å². The Kier molecular flexibility index (Phi) is 9.88. The van der Waals surface area contributed by atoms with Crippen LogP contribution in [0.25, 0.3) is 10.8 Å². The summed E-state index contributed by atoms with van der Waals surface area (Å²) in [6.07, 6.45) is 2.00. The van der Waals surface area contributed by atoms with E-state index in [1.807, 2.05) is 42.5 Å². The highest BCUT2D eigenvalue weighted by Gasteiger charge is 2.45. The Morgan fingerprint density at radius 3 is 2.45 bits per heavy atom. The average molecular weight is 523 g/mol. The van der Waals surface area contributed by atoms with Crippen molar-refractivity contribution in [2.75, 3.05) is 19.6 Å². The molecule has 204 valence electrons. The lowest BCUT2D eigenvalue weighted by Crippen LogP contribution is -2.60. The number of ketones is 2. The number of nitrogens with two attached hydrogens (primary N) is 1. The number of carbonyl (C=O) groups excluding carboxylic acids is 5. The maximum absolute atomic E-state index is 13.7. The van der Waals surface area contributed by atoms with E-state index in [1.54, 1.807) is 20.8 Å². The first-order valence-electron chi connectivity index (χ1n) is 13.3. The molecule has 1 aliphatic rings. The SMILES string of the molecule is CCC(C)(C)C(=O)C(=O)C(=O)N(C(=O)[C@@H]1CCCN1)[C@H](Cc1ccc2ccccc2c1)C(=O)NCCCN. The van der Waals surface area contributed by atoms with Gasteiger partial charge in [-0.3, -0.25) is 28.9 Å². The fraction of sp³-hybridized carbons (Fsp3) is 0.483. The third-order valence-corrected chi connectivity index (χ3v) is 7.25. The first kappa shape index (κ1) is 29.1. The molecule has 9 heteroatoms. The maximum atomic E-state index is 13.7. The van der Waals surface area contributed by atoms with E-state index >= 15 is 0 Å². The van der Waals surface area contributed by atoms with Crippen molar-refractivity contribution < 1.29 is 24.0 Å². The highest BCUT2D eigenvalue weighted by atomic mass is 16.2. The molecule has 1 heterocycles. The third kappa shape index (κ3) is 6.71. The van der Waals surface area contributed by atoms with Crippen molar-refractivity contribution in [1.29, 1.82) is 0 Å². The summed E-state index contributed by atoms with van der Waals surface area (Å²) in [5, 5.41) is 7.73. The van der Waals surface area contributed by atoms with Crippen molar-refractivity contribution >= 4 is 40.1 Å². The summed E-state index contributed by atoms with van der Waals surface area (Å²) in [6.45, 7) is 6.08. The Balaban J connectivity index is 2.04. The van der Waals surface area contributed by atoms with Crippen molar-refractivity contribution in [3.63, 3.8) is 0 Å². The molecule has 0 aliphatic carbocycles. The molecule has 0 aromatic heterocycles. The van der Waals surface area contributed by atoms with Crippen molar-refractivity contribution in [1.82, 2.24) is 15.5 Å². The van der Waals surface area contributed by atoms with Crippen LogP contribution in [0.4, 0.5) is 0 Å². The molecule has 0 bridgehead atoms. The first-order chi connectivity index (χ1) is 18.1. The van der Waals surface area contributed by atoms with E-state index in [2.05, 4.69) is 10.6 Å². The molecule has 4 N–H and O–H groups in total. The van der Waals surface area contributed by atoms with Crippen LogP contribution < -0.4 is 16.4 Å². The number of imide groups is 1. The quantitative estimate of drug-likeness (QED) is 0.220. The second-order valence-electron chi connectivity index (χ2n) is 10.4. The monoisotopic (exact) mass is 522 g/mol. The van der Waals surface area contributed by atoms with E-state index in [0.29, 0.717) is 44.3 Å². The minimum Gasteiger partial charge on any atom is -0.354 e. The topological polar surface area (TPSA) is 139 Å². The van der Waals surface area contributed by atoms with Crippen LogP contribution in [0.3, 0.4) is 0 Å². The fourth-order valence-corrected chi connectivity index (χ4v) is 4.45. The molecule has 2 aromatic rings. The molecule has 1 saturated heterocycles. The molecule has 2 atom stereocenters. The number of Topliss-reactive ketones (excluding diaryl/α,β-unsaturated/α-hetero) is 2. The fourth-order valence-electron chi connectivity index (χ4n) is 4.45. The predicted molar refractivity (Wildman–Crippen MR) is 145 cm³/mol. The van der Waals surface area contributed by atoms with Crippen molar-refractivity contribution in [2.45, 2.75) is 65.0 Å². The zero-order valence-corrected chi connectivity index (χ0v) is 22.4.